The van der Waals surface area contributed by atoms with E-state index in [9.17, 15) is 0 Å². The number of hydrogen-bond acceptors (Lipinski definition) is 17. The minimum Gasteiger partial charge on any atom is -1.00 e. The van der Waals surface area contributed by atoms with Gasteiger partial charge in [0.05, 0.1) is 25.4 Å². The third-order valence-electron chi connectivity index (χ3n) is 0. The van der Waals surface area contributed by atoms with Gasteiger partial charge in [-0.25, -0.2) is 0 Å². The van der Waals surface area contributed by atoms with E-state index in [0.717, 1.165) is 0 Å². The second kappa shape index (κ2) is 49.6. The van der Waals surface area contributed by atoms with E-state index in [1.54, 1.807) is 0 Å². The minimum absolute atomic E-state index is 0. The van der Waals surface area contributed by atoms with Crippen LogP contribution < -0.4 is 12.4 Å². The molecule has 0 heterocycles. The summed E-state index contributed by atoms with van der Waals surface area (Å²) in [5.41, 5.74) is 0. The van der Waals surface area contributed by atoms with Gasteiger partial charge in [-0.05, 0) is 0 Å². The average Bonchev–Trinajstić information content (AvgIpc) is 2.08. The van der Waals surface area contributed by atoms with E-state index < -0.39 is 30.5 Å². The Labute approximate surface area is 209 Å². The third kappa shape index (κ3) is 3070. The molecule has 1 radical (unpaired) electrons. The number of hydrogen-bond donors (Lipinski definition) is 1. The first-order valence-corrected chi connectivity index (χ1v) is 3.30. The van der Waals surface area contributed by atoms with Crippen LogP contribution in [0.25, 0.3) is 0 Å². The Morgan fingerprint density at radius 2 is 0.444 bits per heavy atom. The standard InChI is InChI=1S/ClH.Dy.HNO3.5NO3.Tb/c;;6*2-1(3)4;/h1H;;(H,2,3,4);;;;;;/q;+3;;5*-1;+3/p-1. The van der Waals surface area contributed by atoms with Crippen LogP contribution in [0, 0.1) is 164 Å². The molecule has 0 aliphatic heterocycles. The summed E-state index contributed by atoms with van der Waals surface area (Å²) in [5, 5.41) is 87.4. The topological polar surface area (TPSA) is 394 Å². The van der Waals surface area contributed by atoms with Crippen molar-refractivity contribution in [2.24, 2.45) is 0 Å². The normalized spacial score (nSPS) is 5.33. The minimum atomic E-state index is -1.75. The smallest absolute Gasteiger partial charge is 1.00 e. The van der Waals surface area contributed by atoms with E-state index >= 15 is 0 Å². The van der Waals surface area contributed by atoms with E-state index in [-0.39, 0.29) is 89.2 Å². The van der Waals surface area contributed by atoms with Crippen molar-refractivity contribution in [1.82, 2.24) is 0 Å². The maximum atomic E-state index is 8.36. The molecular formula is HClDyN6O18Tb. The molecule has 24 nitrogen and oxygen atoms in total. The van der Waals surface area contributed by atoms with Gasteiger partial charge in [0, 0.05) is 0 Å². The molecule has 0 aromatic rings. The van der Waals surface area contributed by atoms with E-state index in [1.807, 2.05) is 0 Å². The number of nitrogens with zero attached hydrogens (tertiary/aromatic N) is 6. The van der Waals surface area contributed by atoms with Crippen molar-refractivity contribution in [3.8, 4) is 0 Å². The fourth-order valence-electron chi connectivity index (χ4n) is 0. The van der Waals surface area contributed by atoms with Gasteiger partial charge >= 0.3 is 76.8 Å². The van der Waals surface area contributed by atoms with E-state index in [1.165, 1.54) is 0 Å². The first-order valence-electron chi connectivity index (χ1n) is 3.30. The molecular weight excluding hydrogens is 729 g/mol. The molecule has 0 spiro atoms. The van der Waals surface area contributed by atoms with Crippen molar-refractivity contribution >= 4 is 0 Å². The summed E-state index contributed by atoms with van der Waals surface area (Å²) in [6.45, 7) is 0. The Kier molecular flexibility index (Phi) is 103. The van der Waals surface area contributed by atoms with Crippen LogP contribution in [-0.2, 0) is 0 Å². The molecule has 0 saturated heterocycles. The summed E-state index contributed by atoms with van der Waals surface area (Å²) in [4.78, 5) is 49.6. The quantitative estimate of drug-likeness (QED) is 0.181. The number of halogens is 1. The van der Waals surface area contributed by atoms with Gasteiger partial charge in [-0.3, -0.25) is 0 Å². The summed E-state index contributed by atoms with van der Waals surface area (Å²) in [5.74, 6) is 0. The Morgan fingerprint density at radius 3 is 0.444 bits per heavy atom. The first kappa shape index (κ1) is 56.2. The van der Waals surface area contributed by atoms with Crippen LogP contribution in [-0.4, -0.2) is 35.7 Å². The average molecular weight is 730 g/mol. The molecule has 0 aromatic carbocycles. The molecule has 165 valence electrons. The van der Waals surface area contributed by atoms with Gasteiger partial charge in [0.2, 0.25) is 0 Å². The van der Waals surface area contributed by atoms with Crippen LogP contribution in [0.1, 0.15) is 0 Å². The monoisotopic (exact) mass is 731 g/mol. The summed E-state index contributed by atoms with van der Waals surface area (Å²) in [6.07, 6.45) is 0. The van der Waals surface area contributed by atoms with Crippen molar-refractivity contribution < 1.29 is 125 Å². The Bertz CT molecular complexity index is 269. The van der Waals surface area contributed by atoms with Gasteiger partial charge in [-0.15, -0.1) is 10.1 Å². The molecule has 0 aliphatic carbocycles. The molecule has 27 heavy (non-hydrogen) atoms. The molecule has 0 unspecified atom stereocenters. The predicted molar refractivity (Wildman–Crippen MR) is 60.6 cm³/mol. The predicted octanol–water partition coefficient (Wildman–Crippen LogP) is -4.54. The zero-order valence-corrected chi connectivity index (χ0v) is 16.0. The van der Waals surface area contributed by atoms with E-state index in [4.69, 9.17) is 91.9 Å². The Hall–Kier alpha value is -1.95. The second-order valence-electron chi connectivity index (χ2n) is 1.36. The van der Waals surface area contributed by atoms with Crippen molar-refractivity contribution in [1.29, 1.82) is 0 Å². The zero-order valence-electron chi connectivity index (χ0n) is 11.1. The van der Waals surface area contributed by atoms with Crippen molar-refractivity contribution in [2.75, 3.05) is 0 Å². The Balaban J connectivity index is -0.0000000201. The fourth-order valence-corrected chi connectivity index (χ4v) is 0. The molecule has 0 bridgehead atoms. The van der Waals surface area contributed by atoms with Crippen molar-refractivity contribution in [2.45, 2.75) is 0 Å². The molecule has 1 N–H and O–H groups in total. The Morgan fingerprint density at radius 1 is 0.444 bits per heavy atom. The van der Waals surface area contributed by atoms with Gasteiger partial charge in [0.1, 0.15) is 0 Å². The molecule has 0 atom stereocenters. The van der Waals surface area contributed by atoms with E-state index in [2.05, 4.69) is 0 Å². The van der Waals surface area contributed by atoms with Crippen LogP contribution in [0.2, 0.25) is 0 Å². The maximum absolute atomic E-state index is 8.36. The molecule has 0 rings (SSSR count). The summed E-state index contributed by atoms with van der Waals surface area (Å²) in [7, 11) is 0. The zero-order chi connectivity index (χ0) is 21.5. The van der Waals surface area contributed by atoms with Gasteiger partial charge in [0.25, 0.3) is 5.09 Å². The largest absolute Gasteiger partial charge is 3.00 e. The molecule has 0 amide bonds. The van der Waals surface area contributed by atoms with Crippen LogP contribution in [0.15, 0.2) is 0 Å². The molecule has 0 saturated carbocycles. The van der Waals surface area contributed by atoms with Crippen LogP contribution >= 0.6 is 0 Å². The third-order valence-corrected chi connectivity index (χ3v) is 0. The number of rotatable bonds is 0. The maximum Gasteiger partial charge on any atom is 3.00 e. The van der Waals surface area contributed by atoms with Crippen LogP contribution in [0.3, 0.4) is 0 Å². The summed E-state index contributed by atoms with van der Waals surface area (Å²) >= 11 is 0. The van der Waals surface area contributed by atoms with Gasteiger partial charge in [0.15, 0.2) is 0 Å². The van der Waals surface area contributed by atoms with Crippen molar-refractivity contribution in [3.63, 3.8) is 0 Å². The fraction of sp³-hybridized carbons (Fsp3) is 0. The molecule has 0 aliphatic rings. The van der Waals surface area contributed by atoms with Gasteiger partial charge < -0.3 is 94.2 Å². The second-order valence-corrected chi connectivity index (χ2v) is 1.36. The summed E-state index contributed by atoms with van der Waals surface area (Å²) in [6, 6.07) is 0. The SMILES string of the molecule is O=[N+]([O-])O.O=[N+]([O-])[O-].O=[N+]([O-])[O-].O=[N+]([O-])[O-].O=[N+]([O-])[O-].O=[N+]([O-])[O-].[Cl-].[Dy+3].[Tb+3]. The van der Waals surface area contributed by atoms with Gasteiger partial charge in [-0.2, -0.15) is 0 Å². The first-order chi connectivity index (χ1) is 10.4. The van der Waals surface area contributed by atoms with E-state index in [0.29, 0.717) is 0 Å². The van der Waals surface area contributed by atoms with Crippen molar-refractivity contribution in [3.05, 3.63) is 86.7 Å². The molecule has 0 aromatic heterocycles. The van der Waals surface area contributed by atoms with Gasteiger partial charge in [-0.1, -0.05) is 0 Å². The molecule has 0 fully saturated rings. The summed E-state index contributed by atoms with van der Waals surface area (Å²) < 4.78 is 0. The molecule has 27 heteroatoms. The van der Waals surface area contributed by atoms with Crippen LogP contribution in [0.4, 0.5) is 0 Å². The van der Waals surface area contributed by atoms with Crippen LogP contribution in [0.5, 0.6) is 0 Å².